The summed E-state index contributed by atoms with van der Waals surface area (Å²) in [6.45, 7) is 8.54. The third kappa shape index (κ3) is 4.67. The monoisotopic (exact) mass is 445 g/mol. The summed E-state index contributed by atoms with van der Waals surface area (Å²) in [4.78, 5) is 20.4. The fraction of sp³-hybridized carbons (Fsp3) is 0.609. The lowest BCUT2D eigenvalue weighted by atomic mass is 10.0. The number of fused-ring (bicyclic) bond motifs is 1. The van der Waals surface area contributed by atoms with Gasteiger partial charge >= 0.3 is 6.09 Å². The molecule has 1 saturated heterocycles. The molecule has 1 amide bonds. The summed E-state index contributed by atoms with van der Waals surface area (Å²) in [5.74, 6) is 2.33. The Balaban J connectivity index is 0.00000141. The van der Waals surface area contributed by atoms with Gasteiger partial charge in [0, 0.05) is 62.3 Å². The lowest BCUT2D eigenvalue weighted by molar-refractivity contribution is 0.0649. The van der Waals surface area contributed by atoms with Crippen molar-refractivity contribution in [1.82, 2.24) is 19.7 Å². The summed E-state index contributed by atoms with van der Waals surface area (Å²) in [7, 11) is 5.02. The molecule has 0 bridgehead atoms. The van der Waals surface area contributed by atoms with E-state index in [-0.39, 0.29) is 6.09 Å². The minimum absolute atomic E-state index is 0.305. The second-order valence-electron chi connectivity index (χ2n) is 7.75. The SMILES string of the molecule is CC.COC(=O)N1CCc2c(c(N(C)c3cc(OC)c(C)cn3)nn2C2CCOCC2)C1. The molecule has 32 heavy (non-hydrogen) atoms. The molecule has 4 heterocycles. The number of anilines is 2. The van der Waals surface area contributed by atoms with Gasteiger partial charge in [-0.15, -0.1) is 0 Å². The molecule has 2 aromatic rings. The maximum absolute atomic E-state index is 12.2. The number of aryl methyl sites for hydroxylation is 1. The van der Waals surface area contributed by atoms with E-state index in [0.29, 0.717) is 19.1 Å². The Bertz CT molecular complexity index is 923. The van der Waals surface area contributed by atoms with Crippen molar-refractivity contribution in [2.45, 2.75) is 52.6 Å². The van der Waals surface area contributed by atoms with Crippen LogP contribution in [0.4, 0.5) is 16.4 Å². The van der Waals surface area contributed by atoms with E-state index in [2.05, 4.69) is 9.67 Å². The van der Waals surface area contributed by atoms with Gasteiger partial charge < -0.3 is 24.0 Å². The van der Waals surface area contributed by atoms with Crippen LogP contribution in [0.25, 0.3) is 0 Å². The molecule has 1 fully saturated rings. The average molecular weight is 446 g/mol. The average Bonchev–Trinajstić information content (AvgIpc) is 3.24. The molecule has 0 N–H and O–H groups in total. The molecular formula is C23H35N5O4. The highest BCUT2D eigenvalue weighted by molar-refractivity contribution is 5.69. The summed E-state index contributed by atoms with van der Waals surface area (Å²) in [6, 6.07) is 2.22. The summed E-state index contributed by atoms with van der Waals surface area (Å²) < 4.78 is 18.1. The first-order valence-electron chi connectivity index (χ1n) is 11.3. The Morgan fingerprint density at radius 1 is 1.25 bits per heavy atom. The molecule has 2 aliphatic rings. The Kier molecular flexibility index (Phi) is 7.95. The van der Waals surface area contributed by atoms with Gasteiger partial charge in [0.15, 0.2) is 5.82 Å². The fourth-order valence-corrected chi connectivity index (χ4v) is 4.22. The largest absolute Gasteiger partial charge is 0.496 e. The van der Waals surface area contributed by atoms with Crippen LogP contribution >= 0.6 is 0 Å². The molecule has 176 valence electrons. The summed E-state index contributed by atoms with van der Waals surface area (Å²) in [5.41, 5.74) is 3.20. The van der Waals surface area contributed by atoms with Gasteiger partial charge in [-0.2, -0.15) is 5.10 Å². The van der Waals surface area contributed by atoms with E-state index < -0.39 is 0 Å². The van der Waals surface area contributed by atoms with Crippen LogP contribution in [0.2, 0.25) is 0 Å². The molecule has 0 aliphatic carbocycles. The molecular weight excluding hydrogens is 410 g/mol. The highest BCUT2D eigenvalue weighted by Gasteiger charge is 2.32. The van der Waals surface area contributed by atoms with Crippen molar-refractivity contribution in [2.75, 3.05) is 45.9 Å². The van der Waals surface area contributed by atoms with Crippen LogP contribution in [0, 0.1) is 6.92 Å². The van der Waals surface area contributed by atoms with Gasteiger partial charge in [0.05, 0.1) is 26.8 Å². The van der Waals surface area contributed by atoms with Gasteiger partial charge in [-0.05, 0) is 19.8 Å². The molecule has 9 heteroatoms. The normalized spacial score (nSPS) is 16.0. The van der Waals surface area contributed by atoms with Gasteiger partial charge in [0.25, 0.3) is 0 Å². The zero-order chi connectivity index (χ0) is 23.3. The quantitative estimate of drug-likeness (QED) is 0.707. The van der Waals surface area contributed by atoms with Gasteiger partial charge in [0.1, 0.15) is 11.6 Å². The lowest BCUT2D eigenvalue weighted by Gasteiger charge is -2.29. The van der Waals surface area contributed by atoms with Crippen molar-refractivity contribution >= 4 is 17.7 Å². The first-order valence-corrected chi connectivity index (χ1v) is 11.3. The molecule has 0 radical (unpaired) electrons. The molecule has 0 unspecified atom stereocenters. The van der Waals surface area contributed by atoms with E-state index in [1.807, 2.05) is 38.8 Å². The number of amides is 1. The van der Waals surface area contributed by atoms with E-state index in [1.165, 1.54) is 12.8 Å². The molecule has 9 nitrogen and oxygen atoms in total. The highest BCUT2D eigenvalue weighted by atomic mass is 16.5. The van der Waals surface area contributed by atoms with Crippen molar-refractivity contribution in [3.63, 3.8) is 0 Å². The maximum atomic E-state index is 12.2. The Morgan fingerprint density at radius 2 is 1.97 bits per heavy atom. The Labute approximate surface area is 190 Å². The first-order chi connectivity index (χ1) is 15.5. The van der Waals surface area contributed by atoms with Crippen molar-refractivity contribution in [2.24, 2.45) is 0 Å². The Morgan fingerprint density at radius 3 is 2.62 bits per heavy atom. The zero-order valence-corrected chi connectivity index (χ0v) is 20.1. The number of hydrogen-bond acceptors (Lipinski definition) is 7. The van der Waals surface area contributed by atoms with Crippen LogP contribution in [0.15, 0.2) is 12.3 Å². The van der Waals surface area contributed by atoms with Crippen LogP contribution < -0.4 is 9.64 Å². The smallest absolute Gasteiger partial charge is 0.409 e. The molecule has 0 saturated carbocycles. The van der Waals surface area contributed by atoms with Crippen LogP contribution in [0.1, 0.15) is 49.6 Å². The zero-order valence-electron chi connectivity index (χ0n) is 20.1. The molecule has 0 atom stereocenters. The summed E-state index contributed by atoms with van der Waals surface area (Å²) >= 11 is 0. The number of hydrogen-bond donors (Lipinski definition) is 0. The fourth-order valence-electron chi connectivity index (χ4n) is 4.22. The maximum Gasteiger partial charge on any atom is 0.409 e. The topological polar surface area (TPSA) is 82.0 Å². The minimum atomic E-state index is -0.316. The van der Waals surface area contributed by atoms with E-state index in [9.17, 15) is 4.79 Å². The number of nitrogens with zero attached hydrogens (tertiary/aromatic N) is 5. The molecule has 2 aromatic heterocycles. The third-order valence-electron chi connectivity index (χ3n) is 5.95. The third-order valence-corrected chi connectivity index (χ3v) is 5.95. The van der Waals surface area contributed by atoms with Gasteiger partial charge in [-0.1, -0.05) is 13.8 Å². The van der Waals surface area contributed by atoms with E-state index in [0.717, 1.165) is 61.0 Å². The van der Waals surface area contributed by atoms with Gasteiger partial charge in [0.2, 0.25) is 0 Å². The number of carbonyl (C=O) groups is 1. The minimum Gasteiger partial charge on any atom is -0.496 e. The van der Waals surface area contributed by atoms with Crippen LogP contribution in [-0.4, -0.2) is 66.8 Å². The number of rotatable bonds is 4. The standard InChI is InChI=1S/C21H29N5O4.C2H6/c1-14-12-22-19(11-18(14)28-3)24(2)20-16-13-25(21(27)29-4)8-5-17(16)26(23-20)15-6-9-30-10-7-15;1-2/h11-12,15H,5-10,13H2,1-4H3;1-2H3. The molecule has 4 rings (SSSR count). The van der Waals surface area contributed by atoms with Gasteiger partial charge in [-0.25, -0.2) is 9.78 Å². The van der Waals surface area contributed by atoms with Crippen molar-refractivity contribution in [3.05, 3.63) is 29.1 Å². The van der Waals surface area contributed by atoms with Crippen LogP contribution in [-0.2, 0) is 22.4 Å². The molecule has 0 aromatic carbocycles. The van der Waals surface area contributed by atoms with Crippen LogP contribution in [0.3, 0.4) is 0 Å². The predicted octanol–water partition coefficient (Wildman–Crippen LogP) is 3.87. The van der Waals surface area contributed by atoms with Crippen molar-refractivity contribution < 1.29 is 19.0 Å². The van der Waals surface area contributed by atoms with E-state index >= 15 is 0 Å². The molecule has 2 aliphatic heterocycles. The van der Waals surface area contributed by atoms with E-state index in [4.69, 9.17) is 19.3 Å². The Hall–Kier alpha value is -2.81. The van der Waals surface area contributed by atoms with Gasteiger partial charge in [-0.3, -0.25) is 4.68 Å². The summed E-state index contributed by atoms with van der Waals surface area (Å²) in [5, 5.41) is 5.02. The van der Waals surface area contributed by atoms with Crippen LogP contribution in [0.5, 0.6) is 5.75 Å². The molecule has 0 spiro atoms. The lowest BCUT2D eigenvalue weighted by Crippen LogP contribution is -2.37. The number of ether oxygens (including phenoxy) is 3. The predicted molar refractivity (Wildman–Crippen MR) is 123 cm³/mol. The van der Waals surface area contributed by atoms with Crippen molar-refractivity contribution in [3.8, 4) is 5.75 Å². The highest BCUT2D eigenvalue weighted by Crippen LogP contribution is 2.36. The van der Waals surface area contributed by atoms with E-state index in [1.54, 1.807) is 18.2 Å². The summed E-state index contributed by atoms with van der Waals surface area (Å²) in [6.07, 6.45) is 4.10. The van der Waals surface area contributed by atoms with Crippen molar-refractivity contribution in [1.29, 1.82) is 0 Å². The first kappa shape index (κ1) is 23.8. The second kappa shape index (κ2) is 10.7. The number of pyridine rings is 1. The number of aromatic nitrogens is 3. The second-order valence-corrected chi connectivity index (χ2v) is 7.75. The number of carbonyl (C=O) groups excluding carboxylic acids is 1. The number of methoxy groups -OCH3 is 2.